The van der Waals surface area contributed by atoms with Gasteiger partial charge in [-0.25, -0.2) is 8.42 Å². The second-order valence-corrected chi connectivity index (χ2v) is 8.45. The van der Waals surface area contributed by atoms with E-state index in [9.17, 15) is 13.2 Å². The molecule has 118 valence electrons. The van der Waals surface area contributed by atoms with E-state index in [1.54, 1.807) is 13.2 Å². The van der Waals surface area contributed by atoms with Crippen LogP contribution in [0.1, 0.15) is 17.7 Å². The fourth-order valence-corrected chi connectivity index (χ4v) is 5.54. The van der Waals surface area contributed by atoms with Crippen molar-refractivity contribution < 1.29 is 23.1 Å². The number of ether oxygens (including phenoxy) is 1. The molecule has 1 N–H and O–H groups in total. The number of thiophene rings is 1. The van der Waals surface area contributed by atoms with Crippen molar-refractivity contribution in [2.24, 2.45) is 5.92 Å². The summed E-state index contributed by atoms with van der Waals surface area (Å²) in [6.07, 6.45) is 1.64. The van der Waals surface area contributed by atoms with E-state index in [0.29, 0.717) is 24.6 Å². The average Bonchev–Trinajstić information content (AvgIpc) is 2.88. The monoisotopic (exact) mass is 333 g/mol. The Morgan fingerprint density at radius 3 is 2.95 bits per heavy atom. The van der Waals surface area contributed by atoms with E-state index in [-0.39, 0.29) is 16.5 Å². The SMILES string of the molecule is COCC1CCCN(S(=O)(=O)c2ccc(CC(=O)O)s2)C1. The summed E-state index contributed by atoms with van der Waals surface area (Å²) in [5.74, 6) is -0.740. The Morgan fingerprint density at radius 2 is 2.29 bits per heavy atom. The molecule has 1 aromatic rings. The van der Waals surface area contributed by atoms with E-state index in [4.69, 9.17) is 9.84 Å². The van der Waals surface area contributed by atoms with Crippen LogP contribution in [0.5, 0.6) is 0 Å². The summed E-state index contributed by atoms with van der Waals surface area (Å²) in [6.45, 7) is 1.53. The van der Waals surface area contributed by atoms with Crippen molar-refractivity contribution in [3.8, 4) is 0 Å². The van der Waals surface area contributed by atoms with Gasteiger partial charge in [0.05, 0.1) is 13.0 Å². The number of aliphatic carboxylic acids is 1. The van der Waals surface area contributed by atoms with Crippen molar-refractivity contribution >= 4 is 27.3 Å². The van der Waals surface area contributed by atoms with Gasteiger partial charge in [-0.05, 0) is 30.9 Å². The smallest absolute Gasteiger partial charge is 0.308 e. The number of rotatable bonds is 6. The summed E-state index contributed by atoms with van der Waals surface area (Å²) in [6, 6.07) is 3.07. The van der Waals surface area contributed by atoms with Crippen LogP contribution in [0.2, 0.25) is 0 Å². The molecule has 0 amide bonds. The Kier molecular flexibility index (Phi) is 5.37. The van der Waals surface area contributed by atoms with Gasteiger partial charge in [0.25, 0.3) is 10.0 Å². The Hall–Kier alpha value is -0.960. The summed E-state index contributed by atoms with van der Waals surface area (Å²) in [7, 11) is -1.91. The number of nitrogens with zero attached hydrogens (tertiary/aromatic N) is 1. The van der Waals surface area contributed by atoms with E-state index < -0.39 is 16.0 Å². The molecule has 0 saturated carbocycles. The van der Waals surface area contributed by atoms with Crippen molar-refractivity contribution in [2.75, 3.05) is 26.8 Å². The van der Waals surface area contributed by atoms with Gasteiger partial charge in [0.15, 0.2) is 0 Å². The third-order valence-electron chi connectivity index (χ3n) is 3.44. The van der Waals surface area contributed by atoms with E-state index in [1.807, 2.05) is 0 Å². The van der Waals surface area contributed by atoms with E-state index in [2.05, 4.69) is 0 Å². The van der Waals surface area contributed by atoms with Gasteiger partial charge < -0.3 is 9.84 Å². The van der Waals surface area contributed by atoms with Crippen molar-refractivity contribution in [1.29, 1.82) is 0 Å². The standard InChI is InChI=1S/C13H19NO5S2/c1-19-9-10-3-2-6-14(8-10)21(17,18)13-5-4-11(20-13)7-12(15)16/h4-5,10H,2-3,6-9H2,1H3,(H,15,16). The molecule has 1 unspecified atom stereocenters. The molecule has 21 heavy (non-hydrogen) atoms. The van der Waals surface area contributed by atoms with Crippen molar-refractivity contribution in [3.63, 3.8) is 0 Å². The molecule has 0 bridgehead atoms. The zero-order valence-corrected chi connectivity index (χ0v) is 13.5. The van der Waals surface area contributed by atoms with Gasteiger partial charge in [-0.3, -0.25) is 4.79 Å². The quantitative estimate of drug-likeness (QED) is 0.851. The van der Waals surface area contributed by atoms with Crippen molar-refractivity contribution in [3.05, 3.63) is 17.0 Å². The van der Waals surface area contributed by atoms with Crippen molar-refractivity contribution in [2.45, 2.75) is 23.5 Å². The van der Waals surface area contributed by atoms with Gasteiger partial charge in [-0.1, -0.05) is 0 Å². The maximum Gasteiger partial charge on any atom is 0.308 e. The molecule has 1 aliphatic rings. The minimum absolute atomic E-state index is 0.146. The molecule has 1 aromatic heterocycles. The van der Waals surface area contributed by atoms with Crippen LogP contribution < -0.4 is 0 Å². The predicted octanol–water partition coefficient (Wildman–Crippen LogP) is 1.42. The molecule has 8 heteroatoms. The largest absolute Gasteiger partial charge is 0.481 e. The zero-order valence-electron chi connectivity index (χ0n) is 11.8. The summed E-state index contributed by atoms with van der Waals surface area (Å²) in [4.78, 5) is 11.2. The zero-order chi connectivity index (χ0) is 15.5. The second-order valence-electron chi connectivity index (χ2n) is 5.12. The van der Waals surface area contributed by atoms with Gasteiger partial charge in [-0.2, -0.15) is 4.31 Å². The van der Waals surface area contributed by atoms with Crippen LogP contribution in [-0.2, 0) is 26.0 Å². The maximum absolute atomic E-state index is 12.6. The van der Waals surface area contributed by atoms with Crippen LogP contribution in [0.4, 0.5) is 0 Å². The third-order valence-corrected chi connectivity index (χ3v) is 6.86. The second kappa shape index (κ2) is 6.87. The fourth-order valence-electron chi connectivity index (χ4n) is 2.49. The lowest BCUT2D eigenvalue weighted by molar-refractivity contribution is -0.136. The summed E-state index contributed by atoms with van der Waals surface area (Å²) in [5, 5.41) is 8.75. The molecule has 1 aliphatic heterocycles. The van der Waals surface area contributed by atoms with E-state index >= 15 is 0 Å². The van der Waals surface area contributed by atoms with Crippen LogP contribution in [0, 0.1) is 5.92 Å². The number of methoxy groups -OCH3 is 1. The highest BCUT2D eigenvalue weighted by Gasteiger charge is 2.31. The molecule has 1 fully saturated rings. The Balaban J connectivity index is 2.13. The minimum Gasteiger partial charge on any atom is -0.481 e. The summed E-state index contributed by atoms with van der Waals surface area (Å²) < 4.78 is 32.0. The normalized spacial score (nSPS) is 20.5. The topological polar surface area (TPSA) is 83.9 Å². The Labute approximate surface area is 128 Å². The first-order valence-electron chi connectivity index (χ1n) is 6.73. The molecule has 0 aliphatic carbocycles. The minimum atomic E-state index is -3.52. The third kappa shape index (κ3) is 4.03. The van der Waals surface area contributed by atoms with Crippen molar-refractivity contribution in [1.82, 2.24) is 4.31 Å². The van der Waals surface area contributed by atoms with Gasteiger partial charge in [0.1, 0.15) is 4.21 Å². The first kappa shape index (κ1) is 16.4. The summed E-state index contributed by atoms with van der Waals surface area (Å²) in [5.41, 5.74) is 0. The first-order chi connectivity index (χ1) is 9.93. The molecule has 2 rings (SSSR count). The highest BCUT2D eigenvalue weighted by molar-refractivity contribution is 7.91. The number of hydrogen-bond donors (Lipinski definition) is 1. The highest BCUT2D eigenvalue weighted by Crippen LogP contribution is 2.28. The molecule has 0 radical (unpaired) electrons. The van der Waals surface area contributed by atoms with Gasteiger partial charge >= 0.3 is 5.97 Å². The molecular formula is C13H19NO5S2. The number of sulfonamides is 1. The van der Waals surface area contributed by atoms with E-state index in [0.717, 1.165) is 24.2 Å². The molecule has 2 heterocycles. The molecule has 0 aromatic carbocycles. The number of carboxylic acid groups (broad SMARTS) is 1. The maximum atomic E-state index is 12.6. The van der Waals surface area contributed by atoms with Crippen LogP contribution in [0.15, 0.2) is 16.3 Å². The van der Waals surface area contributed by atoms with Crippen LogP contribution in [-0.4, -0.2) is 50.6 Å². The lowest BCUT2D eigenvalue weighted by Gasteiger charge is -2.31. The number of carboxylic acids is 1. The summed E-state index contributed by atoms with van der Waals surface area (Å²) >= 11 is 1.03. The fraction of sp³-hybridized carbons (Fsp3) is 0.615. The highest BCUT2D eigenvalue weighted by atomic mass is 32.2. The lowest BCUT2D eigenvalue weighted by atomic mass is 10.0. The Bertz CT molecular complexity index is 593. The number of piperidine rings is 1. The molecule has 0 spiro atoms. The van der Waals surface area contributed by atoms with Gasteiger partial charge in [0, 0.05) is 25.1 Å². The average molecular weight is 333 g/mol. The number of carbonyl (C=O) groups is 1. The molecular weight excluding hydrogens is 314 g/mol. The van der Waals surface area contributed by atoms with E-state index in [1.165, 1.54) is 10.4 Å². The Morgan fingerprint density at radius 1 is 1.52 bits per heavy atom. The van der Waals surface area contributed by atoms with Gasteiger partial charge in [-0.15, -0.1) is 11.3 Å². The predicted molar refractivity (Wildman–Crippen MR) is 79.0 cm³/mol. The molecule has 1 saturated heterocycles. The van der Waals surface area contributed by atoms with Crippen LogP contribution in [0.25, 0.3) is 0 Å². The van der Waals surface area contributed by atoms with Gasteiger partial charge in [0.2, 0.25) is 0 Å². The van der Waals surface area contributed by atoms with Crippen LogP contribution >= 0.6 is 11.3 Å². The molecule has 1 atom stereocenters. The van der Waals surface area contributed by atoms with Crippen LogP contribution in [0.3, 0.4) is 0 Å². The number of hydrogen-bond acceptors (Lipinski definition) is 5. The lowest BCUT2D eigenvalue weighted by Crippen LogP contribution is -2.40. The molecule has 6 nitrogen and oxygen atoms in total. The first-order valence-corrected chi connectivity index (χ1v) is 8.98.